The van der Waals surface area contributed by atoms with E-state index in [4.69, 9.17) is 15.2 Å². The molecule has 2 N–H and O–H groups in total. The van der Waals surface area contributed by atoms with E-state index >= 15 is 0 Å². The number of esters is 1. The first kappa shape index (κ1) is 14.3. The van der Waals surface area contributed by atoms with E-state index in [-0.39, 0.29) is 0 Å². The van der Waals surface area contributed by atoms with Gasteiger partial charge in [-0.05, 0) is 25.1 Å². The van der Waals surface area contributed by atoms with Crippen LogP contribution >= 0.6 is 0 Å². The highest BCUT2D eigenvalue weighted by molar-refractivity contribution is 5.96. The summed E-state index contributed by atoms with van der Waals surface area (Å²) in [4.78, 5) is 13.7. The Bertz CT molecular complexity index is 407. The Balaban J connectivity index is 2.98. The van der Waals surface area contributed by atoms with Crippen molar-refractivity contribution < 1.29 is 14.3 Å². The predicted molar refractivity (Wildman–Crippen MR) is 72.0 cm³/mol. The van der Waals surface area contributed by atoms with Crippen LogP contribution in [0.3, 0.4) is 0 Å². The van der Waals surface area contributed by atoms with Gasteiger partial charge in [-0.1, -0.05) is 0 Å². The molecule has 0 saturated heterocycles. The van der Waals surface area contributed by atoms with Crippen molar-refractivity contribution in [3.05, 3.63) is 23.8 Å². The first-order valence-electron chi connectivity index (χ1n) is 5.85. The van der Waals surface area contributed by atoms with Crippen molar-refractivity contribution >= 4 is 17.3 Å². The zero-order valence-corrected chi connectivity index (χ0v) is 11.1. The third kappa shape index (κ3) is 3.37. The summed E-state index contributed by atoms with van der Waals surface area (Å²) < 4.78 is 9.76. The maximum Gasteiger partial charge on any atom is 0.340 e. The van der Waals surface area contributed by atoms with Crippen LogP contribution in [-0.2, 0) is 9.47 Å². The smallest absolute Gasteiger partial charge is 0.340 e. The molecule has 0 aliphatic rings. The molecule has 0 aliphatic heterocycles. The summed E-state index contributed by atoms with van der Waals surface area (Å²) in [5.41, 5.74) is 7.52. The van der Waals surface area contributed by atoms with Gasteiger partial charge in [0, 0.05) is 31.6 Å². The highest BCUT2D eigenvalue weighted by Gasteiger charge is 2.13. The highest BCUT2D eigenvalue weighted by atomic mass is 16.5. The molecule has 0 aliphatic carbocycles. The molecule has 0 unspecified atom stereocenters. The van der Waals surface area contributed by atoms with Gasteiger partial charge in [0.15, 0.2) is 0 Å². The van der Waals surface area contributed by atoms with Crippen molar-refractivity contribution in [1.82, 2.24) is 0 Å². The van der Waals surface area contributed by atoms with Crippen LogP contribution in [0.2, 0.25) is 0 Å². The van der Waals surface area contributed by atoms with Gasteiger partial charge in [0.25, 0.3) is 0 Å². The largest absolute Gasteiger partial charge is 0.465 e. The van der Waals surface area contributed by atoms with Gasteiger partial charge in [-0.3, -0.25) is 0 Å². The van der Waals surface area contributed by atoms with E-state index in [1.807, 2.05) is 13.0 Å². The van der Waals surface area contributed by atoms with E-state index < -0.39 is 5.97 Å². The lowest BCUT2D eigenvalue weighted by atomic mass is 10.1. The number of hydrogen-bond acceptors (Lipinski definition) is 5. The number of carbonyl (C=O) groups is 1. The number of anilines is 2. The number of likely N-dealkylation sites (N-methyl/N-ethyl adjacent to an activating group) is 1. The molecule has 1 rings (SSSR count). The minimum absolute atomic E-state index is 0.394. The first-order chi connectivity index (χ1) is 8.63. The van der Waals surface area contributed by atoms with E-state index in [1.54, 1.807) is 19.2 Å². The Kier molecular flexibility index (Phi) is 5.45. The second kappa shape index (κ2) is 6.86. The van der Waals surface area contributed by atoms with Crippen molar-refractivity contribution in [3.63, 3.8) is 0 Å². The Morgan fingerprint density at radius 3 is 2.67 bits per heavy atom. The Hall–Kier alpha value is -1.75. The minimum atomic E-state index is -0.419. The van der Waals surface area contributed by atoms with E-state index in [2.05, 4.69) is 4.90 Å². The number of nitrogens with zero attached hydrogens (tertiary/aromatic N) is 1. The Labute approximate surface area is 107 Å². The first-order valence-corrected chi connectivity index (χ1v) is 5.85. The summed E-state index contributed by atoms with van der Waals surface area (Å²) in [5, 5.41) is 0. The number of nitrogens with two attached hydrogens (primary N) is 1. The SMILES string of the molecule is CCN(CCOC)c1ccc(N)c(C(=O)OC)c1. The molecular weight excluding hydrogens is 232 g/mol. The van der Waals surface area contributed by atoms with Gasteiger partial charge in [0.1, 0.15) is 0 Å². The number of ether oxygens (including phenoxy) is 2. The summed E-state index contributed by atoms with van der Waals surface area (Å²) in [6.45, 7) is 4.26. The van der Waals surface area contributed by atoms with E-state index in [0.717, 1.165) is 18.8 Å². The summed E-state index contributed by atoms with van der Waals surface area (Å²) in [7, 11) is 3.01. The summed E-state index contributed by atoms with van der Waals surface area (Å²) in [6, 6.07) is 5.36. The molecule has 0 radical (unpaired) electrons. The van der Waals surface area contributed by atoms with Crippen LogP contribution in [0, 0.1) is 0 Å². The fraction of sp³-hybridized carbons (Fsp3) is 0.462. The molecule has 0 amide bonds. The van der Waals surface area contributed by atoms with Gasteiger partial charge in [-0.15, -0.1) is 0 Å². The zero-order valence-electron chi connectivity index (χ0n) is 11.1. The molecule has 0 saturated carbocycles. The van der Waals surface area contributed by atoms with Gasteiger partial charge in [-0.25, -0.2) is 4.79 Å². The number of methoxy groups -OCH3 is 2. The Morgan fingerprint density at radius 2 is 2.11 bits per heavy atom. The maximum absolute atomic E-state index is 11.6. The number of carbonyl (C=O) groups excluding carboxylic acids is 1. The van der Waals surface area contributed by atoms with Crippen LogP contribution in [0.1, 0.15) is 17.3 Å². The number of rotatable bonds is 6. The van der Waals surface area contributed by atoms with Crippen LogP contribution in [0.25, 0.3) is 0 Å². The van der Waals surface area contributed by atoms with Crippen LogP contribution in [0.15, 0.2) is 18.2 Å². The van der Waals surface area contributed by atoms with Crippen LogP contribution in [0.5, 0.6) is 0 Å². The number of benzene rings is 1. The van der Waals surface area contributed by atoms with Crippen molar-refractivity contribution in [1.29, 1.82) is 0 Å². The van der Waals surface area contributed by atoms with Crippen LogP contribution in [-0.4, -0.2) is 39.9 Å². The van der Waals surface area contributed by atoms with E-state index in [1.165, 1.54) is 7.11 Å². The number of hydrogen-bond donors (Lipinski definition) is 1. The quantitative estimate of drug-likeness (QED) is 0.614. The van der Waals surface area contributed by atoms with Gasteiger partial charge >= 0.3 is 5.97 Å². The minimum Gasteiger partial charge on any atom is -0.465 e. The van der Waals surface area contributed by atoms with E-state index in [0.29, 0.717) is 17.9 Å². The summed E-state index contributed by atoms with van der Waals surface area (Å²) >= 11 is 0. The maximum atomic E-state index is 11.6. The molecule has 0 fully saturated rings. The summed E-state index contributed by atoms with van der Waals surface area (Å²) in [5.74, 6) is -0.419. The molecule has 100 valence electrons. The molecule has 5 nitrogen and oxygen atoms in total. The molecule has 18 heavy (non-hydrogen) atoms. The molecule has 5 heteroatoms. The molecule has 0 aromatic heterocycles. The normalized spacial score (nSPS) is 10.2. The fourth-order valence-electron chi connectivity index (χ4n) is 1.70. The molecule has 0 bridgehead atoms. The van der Waals surface area contributed by atoms with E-state index in [9.17, 15) is 4.79 Å². The standard InChI is InChI=1S/C13H20N2O3/c1-4-15(7-8-17-2)10-5-6-12(14)11(9-10)13(16)18-3/h5-6,9H,4,7-8,14H2,1-3H3. The average molecular weight is 252 g/mol. The van der Waals surface area contributed by atoms with Crippen LogP contribution in [0.4, 0.5) is 11.4 Å². The monoisotopic (exact) mass is 252 g/mol. The van der Waals surface area contributed by atoms with Gasteiger partial charge in [0.05, 0.1) is 19.3 Å². The van der Waals surface area contributed by atoms with Gasteiger partial charge < -0.3 is 20.1 Å². The lowest BCUT2D eigenvalue weighted by molar-refractivity contribution is 0.0602. The summed E-state index contributed by atoms with van der Waals surface area (Å²) in [6.07, 6.45) is 0. The molecule has 1 aromatic rings. The fourth-order valence-corrected chi connectivity index (χ4v) is 1.70. The van der Waals surface area contributed by atoms with Crippen molar-refractivity contribution in [2.24, 2.45) is 0 Å². The van der Waals surface area contributed by atoms with Crippen molar-refractivity contribution in [2.75, 3.05) is 44.5 Å². The molecular formula is C13H20N2O3. The predicted octanol–water partition coefficient (Wildman–Crippen LogP) is 1.53. The Morgan fingerprint density at radius 1 is 1.39 bits per heavy atom. The van der Waals surface area contributed by atoms with Gasteiger partial charge in [-0.2, -0.15) is 0 Å². The second-order valence-electron chi connectivity index (χ2n) is 3.84. The molecule has 0 spiro atoms. The molecule has 0 atom stereocenters. The third-order valence-electron chi connectivity index (χ3n) is 2.75. The number of nitrogen functional groups attached to an aromatic ring is 1. The molecule has 0 heterocycles. The second-order valence-corrected chi connectivity index (χ2v) is 3.84. The average Bonchev–Trinajstić information content (AvgIpc) is 2.40. The highest BCUT2D eigenvalue weighted by Crippen LogP contribution is 2.21. The third-order valence-corrected chi connectivity index (χ3v) is 2.75. The molecule has 1 aromatic carbocycles. The zero-order chi connectivity index (χ0) is 13.5. The van der Waals surface area contributed by atoms with Crippen molar-refractivity contribution in [2.45, 2.75) is 6.92 Å². The lowest BCUT2D eigenvalue weighted by Gasteiger charge is -2.23. The van der Waals surface area contributed by atoms with Crippen molar-refractivity contribution in [3.8, 4) is 0 Å². The lowest BCUT2D eigenvalue weighted by Crippen LogP contribution is -2.27. The van der Waals surface area contributed by atoms with Gasteiger partial charge in [0.2, 0.25) is 0 Å². The topological polar surface area (TPSA) is 64.8 Å². The van der Waals surface area contributed by atoms with Crippen LogP contribution < -0.4 is 10.6 Å².